The van der Waals surface area contributed by atoms with E-state index in [0.29, 0.717) is 13.1 Å². The van der Waals surface area contributed by atoms with Crippen LogP contribution in [0.2, 0.25) is 0 Å². The van der Waals surface area contributed by atoms with E-state index in [1.807, 2.05) is 26.0 Å². The highest BCUT2D eigenvalue weighted by molar-refractivity contribution is 9.10. The molecule has 0 bridgehead atoms. The molecule has 1 aliphatic rings. The first-order chi connectivity index (χ1) is 14.3. The van der Waals surface area contributed by atoms with Crippen molar-refractivity contribution in [1.29, 1.82) is 0 Å². The van der Waals surface area contributed by atoms with Crippen LogP contribution in [0.3, 0.4) is 0 Å². The largest absolute Gasteiger partial charge is 0.495 e. The van der Waals surface area contributed by atoms with E-state index < -0.39 is 10.0 Å². The lowest BCUT2D eigenvalue weighted by molar-refractivity contribution is 0.102. The topological polar surface area (TPSA) is 75.7 Å². The lowest BCUT2D eigenvalue weighted by atomic mass is 10.1. The number of hydrogen-bond donors (Lipinski definition) is 1. The van der Waals surface area contributed by atoms with Crippen molar-refractivity contribution >= 4 is 37.5 Å². The summed E-state index contributed by atoms with van der Waals surface area (Å²) in [4.78, 5) is 13.0. The quantitative estimate of drug-likeness (QED) is 0.628. The molecular formula is C22H27BrN2O4S. The third-order valence-corrected chi connectivity index (χ3v) is 7.74. The lowest BCUT2D eigenvalue weighted by Gasteiger charge is -2.26. The normalized spacial score (nSPS) is 15.1. The van der Waals surface area contributed by atoms with Gasteiger partial charge in [0.05, 0.1) is 7.11 Å². The number of methoxy groups -OCH3 is 1. The van der Waals surface area contributed by atoms with Crippen LogP contribution in [-0.4, -0.2) is 38.8 Å². The van der Waals surface area contributed by atoms with E-state index in [1.165, 1.54) is 17.5 Å². The Kier molecular flexibility index (Phi) is 7.21. The zero-order valence-electron chi connectivity index (χ0n) is 17.5. The number of hydrogen-bond acceptors (Lipinski definition) is 4. The van der Waals surface area contributed by atoms with Crippen molar-refractivity contribution in [2.75, 3.05) is 25.5 Å². The minimum atomic E-state index is -3.74. The number of sulfonamides is 1. The Morgan fingerprint density at radius 2 is 1.87 bits per heavy atom. The molecule has 1 aliphatic heterocycles. The first kappa shape index (κ1) is 22.8. The molecule has 162 valence electrons. The standard InChI is InChI=1S/C22H27BrN2O4S/c1-4-16-13-18(23)12-15(2)21(16)24-22(26)17-8-9-19(29-3)20(14-17)30(27,28)25-10-6-5-7-11-25/h8-9,12-14H,4-7,10-11H2,1-3H3,(H,24,26). The summed E-state index contributed by atoms with van der Waals surface area (Å²) < 4.78 is 34.1. The van der Waals surface area contributed by atoms with E-state index in [4.69, 9.17) is 4.74 Å². The number of benzene rings is 2. The number of ether oxygens (including phenoxy) is 1. The summed E-state index contributed by atoms with van der Waals surface area (Å²) in [5, 5.41) is 2.96. The van der Waals surface area contributed by atoms with Gasteiger partial charge in [-0.05, 0) is 67.6 Å². The molecule has 0 atom stereocenters. The molecule has 0 aromatic heterocycles. The highest BCUT2D eigenvalue weighted by atomic mass is 79.9. The van der Waals surface area contributed by atoms with Crippen molar-refractivity contribution in [3.8, 4) is 5.75 Å². The first-order valence-electron chi connectivity index (χ1n) is 10.1. The molecule has 1 amide bonds. The zero-order valence-corrected chi connectivity index (χ0v) is 19.9. The maximum atomic E-state index is 13.2. The van der Waals surface area contributed by atoms with E-state index in [-0.39, 0.29) is 22.1 Å². The molecule has 1 heterocycles. The van der Waals surface area contributed by atoms with Gasteiger partial charge in [0, 0.05) is 28.8 Å². The molecule has 1 N–H and O–H groups in total. The second-order valence-electron chi connectivity index (χ2n) is 7.39. The van der Waals surface area contributed by atoms with Gasteiger partial charge in [0.25, 0.3) is 5.91 Å². The number of carbonyl (C=O) groups excluding carboxylic acids is 1. The van der Waals surface area contributed by atoms with Gasteiger partial charge in [0.1, 0.15) is 10.6 Å². The minimum Gasteiger partial charge on any atom is -0.495 e. The first-order valence-corrected chi connectivity index (χ1v) is 12.3. The molecule has 3 rings (SSSR count). The monoisotopic (exact) mass is 494 g/mol. The minimum absolute atomic E-state index is 0.0304. The SMILES string of the molecule is CCc1cc(Br)cc(C)c1NC(=O)c1ccc(OC)c(S(=O)(=O)N2CCCCC2)c1. The van der Waals surface area contributed by atoms with E-state index in [9.17, 15) is 13.2 Å². The predicted molar refractivity (Wildman–Crippen MR) is 122 cm³/mol. The van der Waals surface area contributed by atoms with Crippen LogP contribution in [0.15, 0.2) is 39.7 Å². The predicted octanol–water partition coefficient (Wildman–Crippen LogP) is 4.76. The van der Waals surface area contributed by atoms with Crippen LogP contribution in [0.4, 0.5) is 5.69 Å². The van der Waals surface area contributed by atoms with Gasteiger partial charge in [-0.25, -0.2) is 8.42 Å². The van der Waals surface area contributed by atoms with Gasteiger partial charge in [-0.1, -0.05) is 29.3 Å². The fraction of sp³-hybridized carbons (Fsp3) is 0.409. The van der Waals surface area contributed by atoms with Crippen LogP contribution in [0, 0.1) is 6.92 Å². The average Bonchev–Trinajstić information content (AvgIpc) is 2.75. The molecule has 2 aromatic rings. The number of piperidine rings is 1. The summed E-state index contributed by atoms with van der Waals surface area (Å²) in [6.07, 6.45) is 3.46. The van der Waals surface area contributed by atoms with Gasteiger partial charge in [0.15, 0.2) is 0 Å². The maximum absolute atomic E-state index is 13.2. The van der Waals surface area contributed by atoms with Crippen LogP contribution in [0.1, 0.15) is 47.7 Å². The number of rotatable bonds is 6. The lowest BCUT2D eigenvalue weighted by Crippen LogP contribution is -2.35. The molecule has 0 radical (unpaired) electrons. The van der Waals surface area contributed by atoms with Crippen molar-refractivity contribution in [2.45, 2.75) is 44.4 Å². The van der Waals surface area contributed by atoms with Crippen molar-refractivity contribution in [1.82, 2.24) is 4.31 Å². The summed E-state index contributed by atoms with van der Waals surface area (Å²) in [5.74, 6) is -0.112. The Hall–Kier alpha value is -1.90. The summed E-state index contributed by atoms with van der Waals surface area (Å²) in [6, 6.07) is 8.46. The zero-order chi connectivity index (χ0) is 21.9. The molecule has 30 heavy (non-hydrogen) atoms. The fourth-order valence-electron chi connectivity index (χ4n) is 3.72. The number of aryl methyl sites for hydroxylation is 2. The van der Waals surface area contributed by atoms with Crippen LogP contribution in [0.25, 0.3) is 0 Å². The number of halogens is 1. The molecule has 0 saturated carbocycles. The average molecular weight is 495 g/mol. The summed E-state index contributed by atoms with van der Waals surface area (Å²) in [5.41, 5.74) is 2.96. The van der Waals surface area contributed by atoms with Crippen molar-refractivity contribution in [3.63, 3.8) is 0 Å². The highest BCUT2D eigenvalue weighted by Crippen LogP contribution is 2.31. The van der Waals surface area contributed by atoms with Gasteiger partial charge < -0.3 is 10.1 Å². The molecule has 0 spiro atoms. The smallest absolute Gasteiger partial charge is 0.255 e. The molecule has 6 nitrogen and oxygen atoms in total. The van der Waals surface area contributed by atoms with E-state index in [0.717, 1.165) is 47.0 Å². The van der Waals surface area contributed by atoms with Crippen molar-refractivity contribution < 1.29 is 17.9 Å². The molecule has 1 saturated heterocycles. The second kappa shape index (κ2) is 9.49. The molecule has 0 unspecified atom stereocenters. The highest BCUT2D eigenvalue weighted by Gasteiger charge is 2.29. The summed E-state index contributed by atoms with van der Waals surface area (Å²) >= 11 is 3.49. The van der Waals surface area contributed by atoms with Crippen LogP contribution >= 0.6 is 15.9 Å². The summed E-state index contributed by atoms with van der Waals surface area (Å²) in [7, 11) is -2.30. The molecule has 1 fully saturated rings. The van der Waals surface area contributed by atoms with Crippen LogP contribution in [-0.2, 0) is 16.4 Å². The van der Waals surface area contributed by atoms with Gasteiger partial charge in [0.2, 0.25) is 10.0 Å². The van der Waals surface area contributed by atoms with Gasteiger partial charge >= 0.3 is 0 Å². The van der Waals surface area contributed by atoms with Crippen molar-refractivity contribution in [3.05, 3.63) is 51.5 Å². The second-order valence-corrected chi connectivity index (χ2v) is 10.2. The molecule has 2 aromatic carbocycles. The third-order valence-electron chi connectivity index (χ3n) is 5.36. The Bertz CT molecular complexity index is 1050. The summed E-state index contributed by atoms with van der Waals surface area (Å²) in [6.45, 7) is 4.92. The van der Waals surface area contributed by atoms with Gasteiger partial charge in [-0.3, -0.25) is 4.79 Å². The maximum Gasteiger partial charge on any atom is 0.255 e. The Labute approximate surface area is 186 Å². The van der Waals surface area contributed by atoms with E-state index in [2.05, 4.69) is 21.2 Å². The number of carbonyl (C=O) groups is 1. The number of nitrogens with one attached hydrogen (secondary N) is 1. The van der Waals surface area contributed by atoms with Crippen LogP contribution in [0.5, 0.6) is 5.75 Å². The van der Waals surface area contributed by atoms with Gasteiger partial charge in [-0.2, -0.15) is 4.31 Å². The number of anilines is 1. The van der Waals surface area contributed by atoms with E-state index in [1.54, 1.807) is 12.1 Å². The number of nitrogens with zero attached hydrogens (tertiary/aromatic N) is 1. The van der Waals surface area contributed by atoms with E-state index >= 15 is 0 Å². The Balaban J connectivity index is 1.96. The third kappa shape index (κ3) is 4.71. The number of amides is 1. The molecular weight excluding hydrogens is 468 g/mol. The molecule has 8 heteroatoms. The molecule has 0 aliphatic carbocycles. The van der Waals surface area contributed by atoms with Crippen LogP contribution < -0.4 is 10.1 Å². The Morgan fingerprint density at radius 3 is 2.50 bits per heavy atom. The van der Waals surface area contributed by atoms with Gasteiger partial charge in [-0.15, -0.1) is 0 Å². The Morgan fingerprint density at radius 1 is 1.17 bits per heavy atom. The van der Waals surface area contributed by atoms with Crippen molar-refractivity contribution in [2.24, 2.45) is 0 Å². The fourth-order valence-corrected chi connectivity index (χ4v) is 6.04.